The molecule has 1 aliphatic heterocycles. The molecule has 0 spiro atoms. The van der Waals surface area contributed by atoms with Crippen LogP contribution in [0.5, 0.6) is 0 Å². The Hall–Kier alpha value is -1.23. The fourth-order valence-electron chi connectivity index (χ4n) is 2.48. The lowest BCUT2D eigenvalue weighted by Gasteiger charge is -2.34. The van der Waals surface area contributed by atoms with Crippen LogP contribution in [0.15, 0.2) is 12.1 Å². The zero-order valence-corrected chi connectivity index (χ0v) is 12.1. The molecule has 2 nitrogen and oxygen atoms in total. The Morgan fingerprint density at radius 3 is 2.40 bits per heavy atom. The van der Waals surface area contributed by atoms with E-state index in [4.69, 9.17) is 0 Å². The van der Waals surface area contributed by atoms with E-state index in [1.54, 1.807) is 4.90 Å². The standard InChI is InChI=1S/C15H21F3N2/c1-15(2,3)14-9-20(6-4-5-19-14)13-8-11(17)10(16)7-12(13)18/h7-8,14,19H,4-6,9H2,1-3H3. The van der Waals surface area contributed by atoms with E-state index in [9.17, 15) is 13.2 Å². The van der Waals surface area contributed by atoms with E-state index in [-0.39, 0.29) is 17.1 Å². The molecule has 1 fully saturated rings. The van der Waals surface area contributed by atoms with E-state index in [1.807, 2.05) is 0 Å². The number of rotatable bonds is 1. The van der Waals surface area contributed by atoms with Gasteiger partial charge in [0, 0.05) is 31.3 Å². The van der Waals surface area contributed by atoms with Crippen molar-refractivity contribution in [2.24, 2.45) is 5.41 Å². The van der Waals surface area contributed by atoms with Crippen LogP contribution in [0.2, 0.25) is 0 Å². The number of hydrogen-bond donors (Lipinski definition) is 1. The van der Waals surface area contributed by atoms with Gasteiger partial charge in [0.1, 0.15) is 5.82 Å². The first kappa shape index (κ1) is 15.2. The fraction of sp³-hybridized carbons (Fsp3) is 0.600. The second-order valence-electron chi connectivity index (χ2n) is 6.39. The maximum absolute atomic E-state index is 13.9. The third-order valence-electron chi connectivity index (χ3n) is 3.77. The van der Waals surface area contributed by atoms with Crippen molar-refractivity contribution in [2.45, 2.75) is 33.2 Å². The molecule has 5 heteroatoms. The number of nitrogens with zero attached hydrogens (tertiary/aromatic N) is 1. The molecule has 112 valence electrons. The SMILES string of the molecule is CC(C)(C)C1CN(c2cc(F)c(F)cc2F)CCCN1. The van der Waals surface area contributed by atoms with Gasteiger partial charge in [-0.3, -0.25) is 0 Å². The first-order valence-corrected chi connectivity index (χ1v) is 6.92. The third-order valence-corrected chi connectivity index (χ3v) is 3.77. The Morgan fingerprint density at radius 1 is 1.10 bits per heavy atom. The van der Waals surface area contributed by atoms with Gasteiger partial charge >= 0.3 is 0 Å². The highest BCUT2D eigenvalue weighted by Gasteiger charge is 2.29. The van der Waals surface area contributed by atoms with Crippen LogP contribution in [0.1, 0.15) is 27.2 Å². The van der Waals surface area contributed by atoms with Crippen LogP contribution in [-0.4, -0.2) is 25.7 Å². The van der Waals surface area contributed by atoms with Gasteiger partial charge in [-0.2, -0.15) is 0 Å². The Bertz CT molecular complexity index is 483. The topological polar surface area (TPSA) is 15.3 Å². The normalized spacial score (nSPS) is 20.9. The smallest absolute Gasteiger partial charge is 0.161 e. The van der Waals surface area contributed by atoms with Crippen LogP contribution in [0.25, 0.3) is 0 Å². The summed E-state index contributed by atoms with van der Waals surface area (Å²) >= 11 is 0. The van der Waals surface area contributed by atoms with Crippen molar-refractivity contribution in [3.05, 3.63) is 29.6 Å². The predicted molar refractivity (Wildman–Crippen MR) is 74.4 cm³/mol. The first-order chi connectivity index (χ1) is 9.29. The summed E-state index contributed by atoms with van der Waals surface area (Å²) in [4.78, 5) is 1.80. The number of halogens is 3. The molecule has 1 unspecified atom stereocenters. The van der Waals surface area contributed by atoms with E-state index in [2.05, 4.69) is 26.1 Å². The summed E-state index contributed by atoms with van der Waals surface area (Å²) < 4.78 is 40.3. The summed E-state index contributed by atoms with van der Waals surface area (Å²) in [5.41, 5.74) is 0.152. The quantitative estimate of drug-likeness (QED) is 0.797. The van der Waals surface area contributed by atoms with E-state index in [0.29, 0.717) is 19.2 Å². The van der Waals surface area contributed by atoms with Gasteiger partial charge < -0.3 is 10.2 Å². The Morgan fingerprint density at radius 2 is 1.75 bits per heavy atom. The molecule has 2 rings (SSSR count). The van der Waals surface area contributed by atoms with Crippen molar-refractivity contribution in [2.75, 3.05) is 24.5 Å². The second kappa shape index (κ2) is 5.64. The van der Waals surface area contributed by atoms with E-state index in [1.165, 1.54) is 0 Å². The number of anilines is 1. The van der Waals surface area contributed by atoms with E-state index >= 15 is 0 Å². The van der Waals surface area contributed by atoms with Crippen molar-refractivity contribution in [3.63, 3.8) is 0 Å². The molecule has 1 atom stereocenters. The van der Waals surface area contributed by atoms with Gasteiger partial charge in [-0.25, -0.2) is 13.2 Å². The minimum absolute atomic E-state index is 0.0115. The van der Waals surface area contributed by atoms with Crippen molar-refractivity contribution in [1.82, 2.24) is 5.32 Å². The van der Waals surface area contributed by atoms with Crippen LogP contribution < -0.4 is 10.2 Å². The Kier molecular flexibility index (Phi) is 4.28. The summed E-state index contributed by atoms with van der Waals surface area (Å²) in [5.74, 6) is -2.86. The predicted octanol–water partition coefficient (Wildman–Crippen LogP) is 3.32. The minimum atomic E-state index is -1.15. The van der Waals surface area contributed by atoms with Gasteiger partial charge in [-0.15, -0.1) is 0 Å². The molecule has 1 aliphatic rings. The average Bonchev–Trinajstić information content (AvgIpc) is 2.59. The first-order valence-electron chi connectivity index (χ1n) is 6.92. The minimum Gasteiger partial charge on any atom is -0.367 e. The van der Waals surface area contributed by atoms with Crippen LogP contribution in [0, 0.1) is 22.9 Å². The Balaban J connectivity index is 2.29. The Labute approximate surface area is 118 Å². The zero-order valence-electron chi connectivity index (χ0n) is 12.1. The molecule has 0 aliphatic carbocycles. The van der Waals surface area contributed by atoms with Gasteiger partial charge in [-0.05, 0) is 18.4 Å². The summed E-state index contributed by atoms with van der Waals surface area (Å²) in [7, 11) is 0. The van der Waals surface area contributed by atoms with Gasteiger partial charge in [0.25, 0.3) is 0 Å². The molecule has 1 saturated heterocycles. The summed E-state index contributed by atoms with van der Waals surface area (Å²) in [6, 6.07) is 1.74. The van der Waals surface area contributed by atoms with Crippen molar-refractivity contribution in [3.8, 4) is 0 Å². The van der Waals surface area contributed by atoms with Crippen LogP contribution >= 0.6 is 0 Å². The monoisotopic (exact) mass is 286 g/mol. The number of nitrogens with one attached hydrogen (secondary N) is 1. The van der Waals surface area contributed by atoms with Gasteiger partial charge in [0.2, 0.25) is 0 Å². The van der Waals surface area contributed by atoms with Crippen molar-refractivity contribution < 1.29 is 13.2 Å². The third kappa shape index (κ3) is 3.26. The molecular formula is C15H21F3N2. The summed E-state index contributed by atoms with van der Waals surface area (Å²) in [6.45, 7) is 8.36. The summed E-state index contributed by atoms with van der Waals surface area (Å²) in [5, 5.41) is 3.43. The fourth-order valence-corrected chi connectivity index (χ4v) is 2.48. The van der Waals surface area contributed by atoms with Gasteiger partial charge in [0.15, 0.2) is 11.6 Å². The molecule has 1 aromatic carbocycles. The molecule has 1 aromatic rings. The van der Waals surface area contributed by atoms with E-state index < -0.39 is 17.5 Å². The lowest BCUT2D eigenvalue weighted by molar-refractivity contribution is 0.280. The molecular weight excluding hydrogens is 265 g/mol. The van der Waals surface area contributed by atoms with Crippen LogP contribution in [-0.2, 0) is 0 Å². The molecule has 0 amide bonds. The average molecular weight is 286 g/mol. The van der Waals surface area contributed by atoms with Gasteiger partial charge in [-0.1, -0.05) is 20.8 Å². The molecule has 1 N–H and O–H groups in total. The molecule has 0 radical (unpaired) electrons. The molecule has 20 heavy (non-hydrogen) atoms. The van der Waals surface area contributed by atoms with E-state index in [0.717, 1.165) is 19.0 Å². The lowest BCUT2D eigenvalue weighted by atomic mass is 9.86. The highest BCUT2D eigenvalue weighted by Crippen LogP contribution is 2.27. The molecule has 0 saturated carbocycles. The largest absolute Gasteiger partial charge is 0.367 e. The molecule has 1 heterocycles. The van der Waals surface area contributed by atoms with Crippen molar-refractivity contribution >= 4 is 5.69 Å². The lowest BCUT2D eigenvalue weighted by Crippen LogP contribution is -2.46. The second-order valence-corrected chi connectivity index (χ2v) is 6.39. The summed E-state index contributed by atoms with van der Waals surface area (Å²) in [6.07, 6.45) is 0.838. The van der Waals surface area contributed by atoms with Gasteiger partial charge in [0.05, 0.1) is 5.69 Å². The molecule has 0 aromatic heterocycles. The number of benzene rings is 1. The van der Waals surface area contributed by atoms with Crippen molar-refractivity contribution in [1.29, 1.82) is 0 Å². The van der Waals surface area contributed by atoms with Crippen LogP contribution in [0.4, 0.5) is 18.9 Å². The number of hydrogen-bond acceptors (Lipinski definition) is 2. The molecule has 0 bridgehead atoms. The maximum Gasteiger partial charge on any atom is 0.161 e. The maximum atomic E-state index is 13.9. The highest BCUT2D eigenvalue weighted by molar-refractivity contribution is 5.48. The zero-order chi connectivity index (χ0) is 14.9. The van der Waals surface area contributed by atoms with Crippen LogP contribution in [0.3, 0.4) is 0 Å². The highest BCUT2D eigenvalue weighted by atomic mass is 19.2.